The molecule has 4 rings (SSSR count). The van der Waals surface area contributed by atoms with Crippen LogP contribution in [0.1, 0.15) is 25.8 Å². The second-order valence-electron chi connectivity index (χ2n) is 7.34. The molecule has 2 aromatic rings. The third kappa shape index (κ3) is 3.30. The summed E-state index contributed by atoms with van der Waals surface area (Å²) >= 11 is 0. The van der Waals surface area contributed by atoms with E-state index in [0.717, 1.165) is 24.2 Å². The Bertz CT molecular complexity index is 891. The van der Waals surface area contributed by atoms with E-state index in [1.54, 1.807) is 19.6 Å². The second-order valence-corrected chi connectivity index (χ2v) is 7.34. The van der Waals surface area contributed by atoms with Crippen LogP contribution in [0.2, 0.25) is 0 Å². The number of aryl methyl sites for hydroxylation is 1. The number of benzene rings is 1. The highest BCUT2D eigenvalue weighted by atomic mass is 16.5. The van der Waals surface area contributed by atoms with Gasteiger partial charge in [0.25, 0.3) is 0 Å². The molecular weight excluding hydrogens is 358 g/mol. The van der Waals surface area contributed by atoms with Gasteiger partial charge in [0, 0.05) is 24.5 Å². The molecule has 3 heterocycles. The molecule has 1 amide bonds. The molecule has 1 atom stereocenters. The first-order chi connectivity index (χ1) is 13.6. The van der Waals surface area contributed by atoms with E-state index in [2.05, 4.69) is 15.3 Å². The van der Waals surface area contributed by atoms with E-state index in [9.17, 15) is 4.79 Å². The number of hydrogen-bond acceptors (Lipinski definition) is 6. The molecule has 28 heavy (non-hydrogen) atoms. The lowest BCUT2D eigenvalue weighted by Gasteiger charge is -2.30. The molecule has 8 nitrogen and oxygen atoms in total. The fraction of sp³-hybridized carbons (Fsp3) is 0.450. The lowest BCUT2D eigenvalue weighted by atomic mass is 10.0. The Balaban J connectivity index is 1.51. The molecule has 1 fully saturated rings. The third-order valence-corrected chi connectivity index (χ3v) is 5.08. The lowest BCUT2D eigenvalue weighted by Crippen LogP contribution is -2.40. The first-order valence-corrected chi connectivity index (χ1v) is 9.53. The largest absolute Gasteiger partial charge is 0.492 e. The fourth-order valence-electron chi connectivity index (χ4n) is 3.78. The van der Waals surface area contributed by atoms with E-state index in [1.807, 2.05) is 41.6 Å². The summed E-state index contributed by atoms with van der Waals surface area (Å²) in [7, 11) is 1.64. The van der Waals surface area contributed by atoms with Crippen LogP contribution in [0.4, 0.5) is 5.69 Å². The van der Waals surface area contributed by atoms with Crippen LogP contribution in [0.25, 0.3) is 0 Å². The fourth-order valence-corrected chi connectivity index (χ4v) is 3.78. The van der Waals surface area contributed by atoms with Crippen molar-refractivity contribution in [2.75, 3.05) is 13.7 Å². The number of fused-ring (bicyclic) bond motifs is 2. The smallest absolute Gasteiger partial charge is 0.249 e. The van der Waals surface area contributed by atoms with Crippen LogP contribution in [-0.4, -0.2) is 46.1 Å². The van der Waals surface area contributed by atoms with Crippen LogP contribution >= 0.6 is 0 Å². The molecule has 0 spiro atoms. The number of rotatable bonds is 7. The van der Waals surface area contributed by atoms with E-state index in [4.69, 9.17) is 9.47 Å². The van der Waals surface area contributed by atoms with Gasteiger partial charge in [0.05, 0.1) is 32.3 Å². The summed E-state index contributed by atoms with van der Waals surface area (Å²) in [4.78, 5) is 23.0. The molecule has 2 aliphatic heterocycles. The van der Waals surface area contributed by atoms with Gasteiger partial charge in [-0.25, -0.2) is 9.98 Å². The molecule has 0 radical (unpaired) electrons. The van der Waals surface area contributed by atoms with Crippen molar-refractivity contribution in [1.82, 2.24) is 19.8 Å². The van der Waals surface area contributed by atoms with Crippen LogP contribution in [0, 0.1) is 5.92 Å². The zero-order valence-electron chi connectivity index (χ0n) is 16.4. The number of carbonyl (C=O) groups excluding carboxylic acids is 1. The van der Waals surface area contributed by atoms with Crippen LogP contribution in [0.5, 0.6) is 11.5 Å². The van der Waals surface area contributed by atoms with E-state index < -0.39 is 0 Å². The van der Waals surface area contributed by atoms with Crippen molar-refractivity contribution in [3.63, 3.8) is 0 Å². The van der Waals surface area contributed by atoms with Gasteiger partial charge in [-0.15, -0.1) is 0 Å². The van der Waals surface area contributed by atoms with Crippen molar-refractivity contribution >= 4 is 17.6 Å². The van der Waals surface area contributed by atoms with Crippen molar-refractivity contribution in [3.05, 3.63) is 36.4 Å². The predicted octanol–water partition coefficient (Wildman–Crippen LogP) is 2.32. The third-order valence-electron chi connectivity index (χ3n) is 5.08. The van der Waals surface area contributed by atoms with Crippen molar-refractivity contribution in [3.8, 4) is 11.5 Å². The number of aliphatic imine (C=N–C) groups is 1. The molecule has 0 aliphatic carbocycles. The van der Waals surface area contributed by atoms with E-state index in [1.165, 1.54) is 0 Å². The minimum absolute atomic E-state index is 0.00324. The number of guanidine groups is 1. The van der Waals surface area contributed by atoms with Gasteiger partial charge in [-0.3, -0.25) is 10.1 Å². The van der Waals surface area contributed by atoms with Crippen LogP contribution in [0.3, 0.4) is 0 Å². The summed E-state index contributed by atoms with van der Waals surface area (Å²) in [6, 6.07) is 3.57. The van der Waals surface area contributed by atoms with Gasteiger partial charge in [-0.05, 0) is 24.5 Å². The quantitative estimate of drug-likeness (QED) is 0.742. The van der Waals surface area contributed by atoms with Crippen molar-refractivity contribution in [2.24, 2.45) is 10.9 Å². The Hall–Kier alpha value is -3.03. The minimum Gasteiger partial charge on any atom is -0.492 e. The summed E-state index contributed by atoms with van der Waals surface area (Å²) in [6.07, 6.45) is 6.36. The molecule has 1 unspecified atom stereocenters. The maximum absolute atomic E-state index is 12.3. The first-order valence-electron chi connectivity index (χ1n) is 9.53. The molecule has 1 aromatic heterocycles. The lowest BCUT2D eigenvalue weighted by molar-refractivity contribution is -0.122. The molecule has 8 heteroatoms. The molecule has 0 bridgehead atoms. The maximum atomic E-state index is 12.3. The number of imidazole rings is 1. The molecule has 148 valence electrons. The molecule has 2 aliphatic rings. The Morgan fingerprint density at radius 3 is 2.93 bits per heavy atom. The Labute approximate surface area is 164 Å². The first kappa shape index (κ1) is 18.3. The number of methoxy groups -OCH3 is 1. The topological polar surface area (TPSA) is 81.0 Å². The molecule has 1 N–H and O–H groups in total. The van der Waals surface area contributed by atoms with Crippen molar-refractivity contribution < 1.29 is 14.3 Å². The summed E-state index contributed by atoms with van der Waals surface area (Å²) < 4.78 is 13.7. The number of amides is 1. The Kier molecular flexibility index (Phi) is 4.93. The molecule has 0 saturated carbocycles. The number of hydrogen-bond donors (Lipinski definition) is 1. The average molecular weight is 383 g/mol. The van der Waals surface area contributed by atoms with Crippen molar-refractivity contribution in [1.29, 1.82) is 0 Å². The molecule has 1 aromatic carbocycles. The molecule has 1 saturated heterocycles. The zero-order chi connectivity index (χ0) is 19.7. The highest BCUT2D eigenvalue weighted by Crippen LogP contribution is 2.42. The van der Waals surface area contributed by atoms with Crippen LogP contribution in [-0.2, 0) is 17.9 Å². The summed E-state index contributed by atoms with van der Waals surface area (Å²) in [6.45, 7) is 6.06. The van der Waals surface area contributed by atoms with E-state index in [-0.39, 0.29) is 17.9 Å². The minimum atomic E-state index is -0.226. The van der Waals surface area contributed by atoms with Gasteiger partial charge in [0.1, 0.15) is 6.04 Å². The zero-order valence-corrected chi connectivity index (χ0v) is 16.4. The standard InChI is InChI=1S/C20H25N5O3/c1-13(2)17-19(26)23-20-22-15-5-6-16(18(27-3)14(15)11-25(17)20)28-10-4-8-24-9-7-21-12-24/h5-7,9,12-13,17H,4,8,10-11H2,1-3H3,(H,22,23,26). The van der Waals surface area contributed by atoms with Gasteiger partial charge >= 0.3 is 0 Å². The van der Waals surface area contributed by atoms with Gasteiger partial charge < -0.3 is 18.9 Å². The van der Waals surface area contributed by atoms with E-state index in [0.29, 0.717) is 30.6 Å². The van der Waals surface area contributed by atoms with Crippen LogP contribution in [0.15, 0.2) is 35.8 Å². The Morgan fingerprint density at radius 1 is 1.36 bits per heavy atom. The highest BCUT2D eigenvalue weighted by molar-refractivity contribution is 6.08. The van der Waals surface area contributed by atoms with E-state index >= 15 is 0 Å². The number of carbonyl (C=O) groups is 1. The van der Waals surface area contributed by atoms with Gasteiger partial charge in [-0.2, -0.15) is 0 Å². The maximum Gasteiger partial charge on any atom is 0.249 e. The number of nitrogens with zero attached hydrogens (tertiary/aromatic N) is 4. The monoisotopic (exact) mass is 383 g/mol. The van der Waals surface area contributed by atoms with Crippen LogP contribution < -0.4 is 14.8 Å². The second kappa shape index (κ2) is 7.53. The summed E-state index contributed by atoms with van der Waals surface area (Å²) in [5.74, 6) is 2.18. The van der Waals surface area contributed by atoms with Gasteiger partial charge in [0.2, 0.25) is 11.9 Å². The number of nitrogens with one attached hydrogen (secondary N) is 1. The SMILES string of the molecule is COc1c(OCCCn2ccnc2)ccc2c1CN1C(=N2)NC(=O)C1C(C)C. The molecular formula is C20H25N5O3. The highest BCUT2D eigenvalue weighted by Gasteiger charge is 2.41. The van der Waals surface area contributed by atoms with Gasteiger partial charge in [0.15, 0.2) is 11.5 Å². The van der Waals surface area contributed by atoms with Crippen molar-refractivity contribution in [2.45, 2.75) is 39.4 Å². The summed E-state index contributed by atoms with van der Waals surface area (Å²) in [5.41, 5.74) is 1.75. The number of aromatic nitrogens is 2. The predicted molar refractivity (Wildman–Crippen MR) is 105 cm³/mol. The normalized spacial score (nSPS) is 17.9. The number of ether oxygens (including phenoxy) is 2. The Morgan fingerprint density at radius 2 is 2.21 bits per heavy atom. The summed E-state index contributed by atoms with van der Waals surface area (Å²) in [5, 5.41) is 2.89. The van der Waals surface area contributed by atoms with Gasteiger partial charge in [-0.1, -0.05) is 13.8 Å². The average Bonchev–Trinajstić information content (AvgIpc) is 3.29.